The Kier molecular flexibility index (Phi) is 7.02. The van der Waals surface area contributed by atoms with Crippen LogP contribution in [-0.4, -0.2) is 39.9 Å². The summed E-state index contributed by atoms with van der Waals surface area (Å²) < 4.78 is 5.51. The maximum atomic E-state index is 12.5. The van der Waals surface area contributed by atoms with Crippen LogP contribution in [0.2, 0.25) is 0 Å². The minimum atomic E-state index is -0.990. The Morgan fingerprint density at radius 2 is 1.85 bits per heavy atom. The lowest BCUT2D eigenvalue weighted by atomic mass is 9.97. The first-order valence-corrected chi connectivity index (χ1v) is 9.17. The molecule has 2 aromatic carbocycles. The topological polar surface area (TPSA) is 93.1 Å². The van der Waals surface area contributed by atoms with Gasteiger partial charge in [-0.2, -0.15) is 11.8 Å². The molecule has 0 amide bonds. The van der Waals surface area contributed by atoms with Crippen molar-refractivity contribution in [3.63, 3.8) is 0 Å². The van der Waals surface area contributed by atoms with E-state index in [1.165, 1.54) is 11.8 Å². The largest absolute Gasteiger partial charge is 0.481 e. The van der Waals surface area contributed by atoms with Gasteiger partial charge < -0.3 is 9.84 Å². The fourth-order valence-corrected chi connectivity index (χ4v) is 3.49. The Hall–Kier alpha value is -2.09. The van der Waals surface area contributed by atoms with Crippen LogP contribution in [0.5, 0.6) is 5.75 Å². The minimum Gasteiger partial charge on any atom is -0.481 e. The van der Waals surface area contributed by atoms with E-state index < -0.39 is 22.6 Å². The number of esters is 1. The lowest BCUT2D eigenvalue weighted by Crippen LogP contribution is -2.32. The molecule has 0 radical (unpaired) electrons. The van der Waals surface area contributed by atoms with Crippen molar-refractivity contribution in [3.8, 4) is 5.75 Å². The van der Waals surface area contributed by atoms with E-state index in [2.05, 4.69) is 4.89 Å². The second-order valence-electron chi connectivity index (χ2n) is 6.61. The monoisotopic (exact) mass is 378 g/mol. The van der Waals surface area contributed by atoms with Crippen LogP contribution in [0.1, 0.15) is 20.3 Å². The highest BCUT2D eigenvalue weighted by Crippen LogP contribution is 2.29. The average Bonchev–Trinajstić information content (AvgIpc) is 2.59. The van der Waals surface area contributed by atoms with Crippen molar-refractivity contribution in [1.29, 1.82) is 0 Å². The Morgan fingerprint density at radius 3 is 2.50 bits per heavy atom. The van der Waals surface area contributed by atoms with Gasteiger partial charge in [0.05, 0.1) is 18.4 Å². The molecule has 2 rings (SSSR count). The van der Waals surface area contributed by atoms with Crippen molar-refractivity contribution in [1.82, 2.24) is 0 Å². The first-order chi connectivity index (χ1) is 12.3. The quantitative estimate of drug-likeness (QED) is 0.296. The van der Waals surface area contributed by atoms with Crippen LogP contribution in [0.25, 0.3) is 10.8 Å². The zero-order chi connectivity index (χ0) is 19.2. The Labute approximate surface area is 156 Å². The van der Waals surface area contributed by atoms with Gasteiger partial charge in [0, 0.05) is 11.0 Å². The summed E-state index contributed by atoms with van der Waals surface area (Å²) in [5, 5.41) is 19.0. The smallest absolute Gasteiger partial charge is 0.317 e. The third-order valence-corrected chi connectivity index (χ3v) is 5.49. The Morgan fingerprint density at radius 1 is 1.15 bits per heavy atom. The summed E-state index contributed by atoms with van der Waals surface area (Å²) in [6.07, 6.45) is -0.166. The molecule has 0 spiro atoms. The van der Waals surface area contributed by atoms with Crippen LogP contribution < -0.4 is 4.74 Å². The van der Waals surface area contributed by atoms with Crippen LogP contribution in [-0.2, 0) is 14.5 Å². The highest BCUT2D eigenvalue weighted by atomic mass is 32.2. The second kappa shape index (κ2) is 9.02. The minimum absolute atomic E-state index is 0.118. The third-order valence-electron chi connectivity index (χ3n) is 3.83. The molecular weight excluding hydrogens is 356 g/mol. The molecule has 140 valence electrons. The van der Waals surface area contributed by atoms with E-state index in [-0.39, 0.29) is 13.0 Å². The SMILES string of the molecule is CC(C)(CSC(COO)CC(=O)O)C(=O)Oc1ccc2ccccc2c1. The number of carbonyl (C=O) groups excluding carboxylic acids is 1. The Balaban J connectivity index is 2.00. The summed E-state index contributed by atoms with van der Waals surface area (Å²) in [6, 6.07) is 13.2. The highest BCUT2D eigenvalue weighted by molar-refractivity contribution is 8.00. The van der Waals surface area contributed by atoms with Gasteiger partial charge in [-0.15, -0.1) is 0 Å². The number of carbonyl (C=O) groups is 2. The molecule has 0 aliphatic heterocycles. The van der Waals surface area contributed by atoms with E-state index in [1.807, 2.05) is 36.4 Å². The van der Waals surface area contributed by atoms with Crippen molar-refractivity contribution in [2.24, 2.45) is 5.41 Å². The van der Waals surface area contributed by atoms with Gasteiger partial charge in [0.2, 0.25) is 0 Å². The number of hydrogen-bond donors (Lipinski definition) is 2. The van der Waals surface area contributed by atoms with Crippen molar-refractivity contribution in [3.05, 3.63) is 42.5 Å². The number of fused-ring (bicyclic) bond motifs is 1. The summed E-state index contributed by atoms with van der Waals surface area (Å²) in [4.78, 5) is 27.4. The molecule has 2 N–H and O–H groups in total. The summed E-state index contributed by atoms with van der Waals surface area (Å²) in [7, 11) is 0. The van der Waals surface area contributed by atoms with Crippen LogP contribution in [0.3, 0.4) is 0 Å². The van der Waals surface area contributed by atoms with Crippen LogP contribution in [0.4, 0.5) is 0 Å². The first-order valence-electron chi connectivity index (χ1n) is 8.12. The lowest BCUT2D eigenvalue weighted by molar-refractivity contribution is -0.241. The zero-order valence-corrected chi connectivity index (χ0v) is 15.5. The standard InChI is InChI=1S/C19H22O6S/c1-19(2,12-26-16(11-24-23)10-17(20)21)18(22)25-15-8-7-13-5-3-4-6-14(13)9-15/h3-9,16,23H,10-12H2,1-2H3,(H,20,21). The number of benzene rings is 2. The number of carboxylic acid groups (broad SMARTS) is 1. The molecule has 6 nitrogen and oxygen atoms in total. The van der Waals surface area contributed by atoms with Gasteiger partial charge >= 0.3 is 11.9 Å². The van der Waals surface area contributed by atoms with Crippen molar-refractivity contribution in [2.75, 3.05) is 12.4 Å². The molecule has 0 bridgehead atoms. The van der Waals surface area contributed by atoms with Crippen molar-refractivity contribution in [2.45, 2.75) is 25.5 Å². The fraction of sp³-hybridized carbons (Fsp3) is 0.368. The number of rotatable bonds is 9. The van der Waals surface area contributed by atoms with E-state index in [0.29, 0.717) is 11.5 Å². The second-order valence-corrected chi connectivity index (χ2v) is 7.90. The molecule has 26 heavy (non-hydrogen) atoms. The molecular formula is C19H22O6S. The summed E-state index contributed by atoms with van der Waals surface area (Å²) >= 11 is 1.26. The predicted octanol–water partition coefficient (Wildman–Crippen LogP) is 3.84. The number of ether oxygens (including phenoxy) is 1. The number of aliphatic carboxylic acids is 1. The molecule has 0 heterocycles. The molecule has 0 saturated heterocycles. The van der Waals surface area contributed by atoms with Gasteiger partial charge in [-0.1, -0.05) is 30.3 Å². The highest BCUT2D eigenvalue weighted by Gasteiger charge is 2.31. The van der Waals surface area contributed by atoms with Gasteiger partial charge in [-0.3, -0.25) is 14.8 Å². The normalized spacial score (nSPS) is 12.7. The molecule has 0 fully saturated rings. The zero-order valence-electron chi connectivity index (χ0n) is 14.7. The maximum absolute atomic E-state index is 12.5. The van der Waals surface area contributed by atoms with Crippen LogP contribution in [0, 0.1) is 5.41 Å². The van der Waals surface area contributed by atoms with Crippen molar-refractivity contribution < 1.29 is 29.6 Å². The molecule has 2 aromatic rings. The number of thioether (sulfide) groups is 1. The van der Waals surface area contributed by atoms with Gasteiger partial charge in [0.15, 0.2) is 0 Å². The molecule has 0 aromatic heterocycles. The fourth-order valence-electron chi connectivity index (χ4n) is 2.31. The number of hydrogen-bond acceptors (Lipinski definition) is 6. The van der Waals surface area contributed by atoms with Gasteiger partial charge in [0.1, 0.15) is 5.75 Å². The summed E-state index contributed by atoms with van der Waals surface area (Å²) in [6.45, 7) is 3.36. The molecule has 7 heteroatoms. The van der Waals surface area contributed by atoms with E-state index in [4.69, 9.17) is 15.1 Å². The maximum Gasteiger partial charge on any atom is 0.317 e. The predicted molar refractivity (Wildman–Crippen MR) is 100 cm³/mol. The van der Waals surface area contributed by atoms with Crippen LogP contribution in [0.15, 0.2) is 42.5 Å². The molecule has 0 saturated carbocycles. The summed E-state index contributed by atoms with van der Waals surface area (Å²) in [5.41, 5.74) is -0.831. The summed E-state index contributed by atoms with van der Waals surface area (Å²) in [5.74, 6) is -0.594. The number of carboxylic acids is 1. The average molecular weight is 378 g/mol. The van der Waals surface area contributed by atoms with Gasteiger partial charge in [0.25, 0.3) is 0 Å². The van der Waals surface area contributed by atoms with Gasteiger partial charge in [-0.25, -0.2) is 4.89 Å². The van der Waals surface area contributed by atoms with E-state index in [9.17, 15) is 9.59 Å². The third kappa shape index (κ3) is 5.72. The lowest BCUT2D eigenvalue weighted by Gasteiger charge is -2.24. The van der Waals surface area contributed by atoms with Crippen molar-refractivity contribution >= 4 is 34.5 Å². The molecule has 1 atom stereocenters. The van der Waals surface area contributed by atoms with E-state index in [0.717, 1.165) is 10.8 Å². The molecule has 0 aliphatic carbocycles. The van der Waals surface area contributed by atoms with Crippen LogP contribution >= 0.6 is 11.8 Å². The molecule has 1 unspecified atom stereocenters. The van der Waals surface area contributed by atoms with Gasteiger partial charge in [-0.05, 0) is 36.8 Å². The van der Waals surface area contributed by atoms with E-state index in [1.54, 1.807) is 19.9 Å². The first kappa shape index (κ1) is 20.2. The molecule has 0 aliphatic rings. The Bertz CT molecular complexity index is 773. The van der Waals surface area contributed by atoms with E-state index >= 15 is 0 Å².